The first-order valence-corrected chi connectivity index (χ1v) is 7.44. The van der Waals surface area contributed by atoms with E-state index < -0.39 is 0 Å². The lowest BCUT2D eigenvalue weighted by Gasteiger charge is -2.16. The Labute approximate surface area is 134 Å². The number of ether oxygens (including phenoxy) is 2. The summed E-state index contributed by atoms with van der Waals surface area (Å²) in [5, 5.41) is 2.98. The maximum atomic E-state index is 11.9. The topological polar surface area (TPSA) is 86.2 Å². The number of aromatic nitrogens is 3. The number of nitrogens with one attached hydrogen (secondary N) is 1. The third-order valence-corrected chi connectivity index (χ3v) is 3.56. The minimum Gasteiger partial charge on any atom is -0.481 e. The quantitative estimate of drug-likeness (QED) is 0.780. The van der Waals surface area contributed by atoms with E-state index in [1.165, 1.54) is 10.7 Å². The van der Waals surface area contributed by atoms with Gasteiger partial charge >= 0.3 is 5.97 Å². The number of rotatable bonds is 7. The number of hydrogen-bond donors (Lipinski definition) is 1. The molecule has 0 fully saturated rings. The second-order valence-corrected chi connectivity index (χ2v) is 5.22. The second kappa shape index (κ2) is 7.62. The number of esters is 1. The Balaban J connectivity index is 2.22. The SMILES string of the molecule is CCOC(=O)C[C@H](Cc1cc(=O)n(C)[nH]1)c1ccc(OC)nc1. The summed E-state index contributed by atoms with van der Waals surface area (Å²) < 4.78 is 11.5. The summed E-state index contributed by atoms with van der Waals surface area (Å²) in [4.78, 5) is 27.6. The average molecular weight is 319 g/mol. The van der Waals surface area contributed by atoms with E-state index in [0.717, 1.165) is 11.3 Å². The lowest BCUT2D eigenvalue weighted by Crippen LogP contribution is -2.13. The molecule has 2 aromatic rings. The predicted octanol–water partition coefficient (Wildman–Crippen LogP) is 1.40. The van der Waals surface area contributed by atoms with Crippen LogP contribution < -0.4 is 10.3 Å². The molecule has 2 heterocycles. The minimum absolute atomic E-state index is 0.109. The summed E-state index contributed by atoms with van der Waals surface area (Å²) in [6, 6.07) is 5.16. The summed E-state index contributed by atoms with van der Waals surface area (Å²) in [7, 11) is 3.20. The van der Waals surface area contributed by atoms with Gasteiger partial charge in [-0.05, 0) is 18.9 Å². The van der Waals surface area contributed by atoms with Gasteiger partial charge in [-0.3, -0.25) is 19.4 Å². The molecule has 0 radical (unpaired) electrons. The van der Waals surface area contributed by atoms with E-state index in [-0.39, 0.29) is 23.9 Å². The number of carbonyl (C=O) groups is 1. The van der Waals surface area contributed by atoms with E-state index in [1.807, 2.05) is 6.07 Å². The van der Waals surface area contributed by atoms with Crippen molar-refractivity contribution in [1.82, 2.24) is 14.8 Å². The number of nitrogens with zero attached hydrogens (tertiary/aromatic N) is 2. The van der Waals surface area contributed by atoms with Crippen LogP contribution in [0.5, 0.6) is 5.88 Å². The Morgan fingerprint density at radius 2 is 2.22 bits per heavy atom. The number of H-pyrrole nitrogens is 1. The van der Waals surface area contributed by atoms with E-state index >= 15 is 0 Å². The van der Waals surface area contributed by atoms with E-state index in [9.17, 15) is 9.59 Å². The summed E-state index contributed by atoms with van der Waals surface area (Å²) in [6.07, 6.45) is 2.42. The van der Waals surface area contributed by atoms with Gasteiger partial charge in [0, 0.05) is 37.0 Å². The number of aromatic amines is 1. The van der Waals surface area contributed by atoms with Crippen molar-refractivity contribution in [3.63, 3.8) is 0 Å². The fraction of sp³-hybridized carbons (Fsp3) is 0.438. The Morgan fingerprint density at radius 3 is 2.74 bits per heavy atom. The lowest BCUT2D eigenvalue weighted by atomic mass is 9.92. The van der Waals surface area contributed by atoms with Crippen molar-refractivity contribution >= 4 is 5.97 Å². The van der Waals surface area contributed by atoms with Crippen molar-refractivity contribution in [2.24, 2.45) is 7.05 Å². The zero-order valence-electron chi connectivity index (χ0n) is 13.5. The number of pyridine rings is 1. The van der Waals surface area contributed by atoms with Crippen molar-refractivity contribution in [1.29, 1.82) is 0 Å². The van der Waals surface area contributed by atoms with Crippen molar-refractivity contribution < 1.29 is 14.3 Å². The van der Waals surface area contributed by atoms with Crippen LogP contribution in [0.15, 0.2) is 29.2 Å². The first-order chi connectivity index (χ1) is 11.0. The molecule has 0 aliphatic carbocycles. The molecule has 124 valence electrons. The molecule has 0 aliphatic rings. The molecule has 0 saturated heterocycles. The molecule has 0 aliphatic heterocycles. The smallest absolute Gasteiger partial charge is 0.306 e. The van der Waals surface area contributed by atoms with E-state index in [1.54, 1.807) is 33.3 Å². The van der Waals surface area contributed by atoms with Crippen molar-refractivity contribution in [3.8, 4) is 5.88 Å². The van der Waals surface area contributed by atoms with Crippen LogP contribution in [0.1, 0.15) is 30.5 Å². The lowest BCUT2D eigenvalue weighted by molar-refractivity contribution is -0.143. The van der Waals surface area contributed by atoms with Crippen LogP contribution in [0, 0.1) is 0 Å². The molecule has 7 heteroatoms. The molecule has 0 unspecified atom stereocenters. The summed E-state index contributed by atoms with van der Waals surface area (Å²) in [5.41, 5.74) is 1.55. The van der Waals surface area contributed by atoms with Crippen LogP contribution in [0.4, 0.5) is 0 Å². The van der Waals surface area contributed by atoms with Gasteiger partial charge in [-0.25, -0.2) is 4.98 Å². The molecule has 0 amide bonds. The van der Waals surface area contributed by atoms with Crippen molar-refractivity contribution in [2.75, 3.05) is 13.7 Å². The Morgan fingerprint density at radius 1 is 1.43 bits per heavy atom. The van der Waals surface area contributed by atoms with Crippen molar-refractivity contribution in [3.05, 3.63) is 46.0 Å². The third kappa shape index (κ3) is 4.45. The van der Waals surface area contributed by atoms with Crippen molar-refractivity contribution in [2.45, 2.75) is 25.7 Å². The highest BCUT2D eigenvalue weighted by atomic mass is 16.5. The Kier molecular flexibility index (Phi) is 5.56. The van der Waals surface area contributed by atoms with E-state index in [4.69, 9.17) is 9.47 Å². The van der Waals surface area contributed by atoms with Gasteiger partial charge in [-0.15, -0.1) is 0 Å². The zero-order valence-corrected chi connectivity index (χ0v) is 13.5. The van der Waals surface area contributed by atoms with Crippen LogP contribution in [0.3, 0.4) is 0 Å². The highest BCUT2D eigenvalue weighted by Crippen LogP contribution is 2.24. The average Bonchev–Trinajstić information content (AvgIpc) is 2.85. The largest absolute Gasteiger partial charge is 0.481 e. The normalized spacial score (nSPS) is 12.0. The minimum atomic E-state index is -0.272. The maximum absolute atomic E-state index is 11.9. The molecular formula is C16H21N3O4. The van der Waals surface area contributed by atoms with Gasteiger partial charge in [0.1, 0.15) is 0 Å². The summed E-state index contributed by atoms with van der Waals surface area (Å²) in [5.74, 6) is 0.105. The molecular weight excluding hydrogens is 298 g/mol. The van der Waals surface area contributed by atoms with Gasteiger partial charge in [-0.2, -0.15) is 0 Å². The van der Waals surface area contributed by atoms with E-state index in [2.05, 4.69) is 10.1 Å². The molecule has 2 rings (SSSR count). The highest BCUT2D eigenvalue weighted by Gasteiger charge is 2.19. The standard InChI is InChI=1S/C16H21N3O4/c1-4-23-16(21)8-12(7-13-9-15(20)19(2)18-13)11-5-6-14(22-3)17-10-11/h5-6,9-10,12,18H,4,7-8H2,1-3H3/t12-/m0/s1. The van der Waals surface area contributed by atoms with Crippen LogP contribution in [0.2, 0.25) is 0 Å². The number of carbonyl (C=O) groups excluding carboxylic acids is 1. The maximum Gasteiger partial charge on any atom is 0.306 e. The predicted molar refractivity (Wildman–Crippen MR) is 84.5 cm³/mol. The number of hydrogen-bond acceptors (Lipinski definition) is 5. The molecule has 1 N–H and O–H groups in total. The molecule has 2 aromatic heterocycles. The molecule has 23 heavy (non-hydrogen) atoms. The van der Waals surface area contributed by atoms with Gasteiger partial charge in [0.2, 0.25) is 5.88 Å². The molecule has 0 aromatic carbocycles. The monoisotopic (exact) mass is 319 g/mol. The Hall–Kier alpha value is -2.57. The van der Waals surface area contributed by atoms with Gasteiger partial charge in [-0.1, -0.05) is 6.07 Å². The fourth-order valence-corrected chi connectivity index (χ4v) is 2.40. The molecule has 1 atom stereocenters. The second-order valence-electron chi connectivity index (χ2n) is 5.22. The van der Waals surface area contributed by atoms with E-state index in [0.29, 0.717) is 18.9 Å². The summed E-state index contributed by atoms with van der Waals surface area (Å²) in [6.45, 7) is 2.12. The van der Waals surface area contributed by atoms with Gasteiger partial charge < -0.3 is 9.47 Å². The number of aryl methyl sites for hydroxylation is 1. The zero-order chi connectivity index (χ0) is 16.8. The fourth-order valence-electron chi connectivity index (χ4n) is 2.40. The van der Waals surface area contributed by atoms with Crippen LogP contribution >= 0.6 is 0 Å². The van der Waals surface area contributed by atoms with Crippen LogP contribution in [-0.2, 0) is 23.0 Å². The third-order valence-electron chi connectivity index (χ3n) is 3.56. The molecule has 0 saturated carbocycles. The highest BCUT2D eigenvalue weighted by molar-refractivity contribution is 5.70. The van der Waals surface area contributed by atoms with Gasteiger partial charge in [0.15, 0.2) is 0 Å². The molecule has 0 spiro atoms. The van der Waals surface area contributed by atoms with Gasteiger partial charge in [0.05, 0.1) is 20.1 Å². The first-order valence-electron chi connectivity index (χ1n) is 7.44. The van der Waals surface area contributed by atoms with Crippen LogP contribution in [0.25, 0.3) is 0 Å². The Bertz CT molecular complexity index is 703. The molecule has 7 nitrogen and oxygen atoms in total. The van der Waals surface area contributed by atoms with Gasteiger partial charge in [0.25, 0.3) is 5.56 Å². The summed E-state index contributed by atoms with van der Waals surface area (Å²) >= 11 is 0. The number of methoxy groups -OCH3 is 1. The molecule has 0 bridgehead atoms. The van der Waals surface area contributed by atoms with Crippen LogP contribution in [-0.4, -0.2) is 34.5 Å². The first kappa shape index (κ1) is 16.8.